The van der Waals surface area contributed by atoms with Gasteiger partial charge < -0.3 is 5.32 Å². The van der Waals surface area contributed by atoms with E-state index in [2.05, 4.69) is 56.2 Å². The molecular weight excluding hydrogens is 373 g/mol. The van der Waals surface area contributed by atoms with Gasteiger partial charge in [0.15, 0.2) is 0 Å². The van der Waals surface area contributed by atoms with Gasteiger partial charge in [-0.1, -0.05) is 34.1 Å². The van der Waals surface area contributed by atoms with Gasteiger partial charge in [0.05, 0.1) is 4.47 Å². The topological polar surface area (TPSA) is 12.0 Å². The van der Waals surface area contributed by atoms with E-state index < -0.39 is 0 Å². The summed E-state index contributed by atoms with van der Waals surface area (Å²) in [5.41, 5.74) is 2.28. The van der Waals surface area contributed by atoms with Crippen molar-refractivity contribution in [2.75, 3.05) is 0 Å². The van der Waals surface area contributed by atoms with Crippen LogP contribution in [-0.2, 0) is 6.54 Å². The molecule has 0 heterocycles. The third-order valence-corrected chi connectivity index (χ3v) is 4.10. The number of hydrogen-bond donors (Lipinski definition) is 1. The highest BCUT2D eigenvalue weighted by Crippen LogP contribution is 2.19. The van der Waals surface area contributed by atoms with Crippen molar-refractivity contribution >= 4 is 31.9 Å². The van der Waals surface area contributed by atoms with Crippen molar-refractivity contribution in [1.29, 1.82) is 0 Å². The van der Waals surface area contributed by atoms with Crippen molar-refractivity contribution in [3.05, 3.63) is 68.4 Å². The number of nitrogens with one attached hydrogen (secondary N) is 1. The minimum atomic E-state index is -0.232. The zero-order valence-corrected chi connectivity index (χ0v) is 13.6. The van der Waals surface area contributed by atoms with Crippen LogP contribution in [-0.4, -0.2) is 0 Å². The van der Waals surface area contributed by atoms with Crippen molar-refractivity contribution in [3.8, 4) is 0 Å². The molecule has 2 aromatic rings. The van der Waals surface area contributed by atoms with E-state index in [-0.39, 0.29) is 11.9 Å². The van der Waals surface area contributed by atoms with E-state index in [4.69, 9.17) is 0 Å². The zero-order valence-electron chi connectivity index (χ0n) is 10.5. The van der Waals surface area contributed by atoms with E-state index in [1.165, 1.54) is 11.6 Å². The van der Waals surface area contributed by atoms with Gasteiger partial charge in [-0.05, 0) is 58.2 Å². The number of rotatable bonds is 4. The second-order valence-electron chi connectivity index (χ2n) is 4.40. The molecule has 0 fully saturated rings. The summed E-state index contributed by atoms with van der Waals surface area (Å²) in [6.07, 6.45) is 0. The first-order chi connectivity index (χ1) is 9.06. The molecule has 0 amide bonds. The lowest BCUT2D eigenvalue weighted by molar-refractivity contribution is 0.572. The third kappa shape index (κ3) is 4.13. The highest BCUT2D eigenvalue weighted by Gasteiger charge is 2.06. The summed E-state index contributed by atoms with van der Waals surface area (Å²) < 4.78 is 14.7. The maximum atomic E-state index is 13.1. The summed E-state index contributed by atoms with van der Waals surface area (Å²) in [7, 11) is 0. The molecule has 0 bridgehead atoms. The minimum Gasteiger partial charge on any atom is -0.306 e. The van der Waals surface area contributed by atoms with E-state index in [0.717, 1.165) is 10.0 Å². The number of halogens is 3. The first kappa shape index (κ1) is 14.7. The average Bonchev–Trinajstić information content (AvgIpc) is 2.40. The summed E-state index contributed by atoms with van der Waals surface area (Å²) in [5.74, 6) is -0.232. The molecule has 1 N–H and O–H groups in total. The van der Waals surface area contributed by atoms with Crippen molar-refractivity contribution < 1.29 is 4.39 Å². The Morgan fingerprint density at radius 1 is 1.11 bits per heavy atom. The molecule has 2 rings (SSSR count). The summed E-state index contributed by atoms with van der Waals surface area (Å²) in [6.45, 7) is 2.82. The van der Waals surface area contributed by atoms with Crippen LogP contribution < -0.4 is 5.32 Å². The minimum absolute atomic E-state index is 0.232. The second kappa shape index (κ2) is 6.64. The van der Waals surface area contributed by atoms with Crippen molar-refractivity contribution in [1.82, 2.24) is 5.32 Å². The van der Waals surface area contributed by atoms with E-state index in [9.17, 15) is 4.39 Å². The van der Waals surface area contributed by atoms with E-state index in [0.29, 0.717) is 11.0 Å². The van der Waals surface area contributed by atoms with Crippen molar-refractivity contribution in [2.45, 2.75) is 19.5 Å². The molecular formula is C15H14Br2FN. The monoisotopic (exact) mass is 385 g/mol. The van der Waals surface area contributed by atoms with Gasteiger partial charge in [0.25, 0.3) is 0 Å². The van der Waals surface area contributed by atoms with Gasteiger partial charge in [0.2, 0.25) is 0 Å². The first-order valence-electron chi connectivity index (χ1n) is 5.99. The Balaban J connectivity index is 1.98. The summed E-state index contributed by atoms with van der Waals surface area (Å²) in [4.78, 5) is 0. The van der Waals surface area contributed by atoms with Gasteiger partial charge in [-0.3, -0.25) is 0 Å². The highest BCUT2D eigenvalue weighted by molar-refractivity contribution is 9.10. The summed E-state index contributed by atoms with van der Waals surface area (Å²) >= 11 is 6.62. The van der Waals surface area contributed by atoms with Crippen LogP contribution in [0.15, 0.2) is 51.4 Å². The lowest BCUT2D eigenvalue weighted by atomic mass is 10.1. The quantitative estimate of drug-likeness (QED) is 0.761. The summed E-state index contributed by atoms with van der Waals surface area (Å²) in [5, 5.41) is 3.42. The first-order valence-corrected chi connectivity index (χ1v) is 7.57. The maximum absolute atomic E-state index is 13.1. The van der Waals surface area contributed by atoms with Crippen LogP contribution in [0.25, 0.3) is 0 Å². The fourth-order valence-electron chi connectivity index (χ4n) is 1.79. The lowest BCUT2D eigenvalue weighted by Crippen LogP contribution is -2.18. The summed E-state index contributed by atoms with van der Waals surface area (Å²) in [6, 6.07) is 13.6. The number of hydrogen-bond acceptors (Lipinski definition) is 1. The molecule has 1 atom stereocenters. The van der Waals surface area contributed by atoms with Crippen molar-refractivity contribution in [2.24, 2.45) is 0 Å². The highest BCUT2D eigenvalue weighted by atomic mass is 79.9. The van der Waals surface area contributed by atoms with Crippen LogP contribution in [0.5, 0.6) is 0 Å². The normalized spacial score (nSPS) is 12.4. The van der Waals surface area contributed by atoms with Crippen LogP contribution in [0, 0.1) is 5.82 Å². The molecule has 0 aliphatic carbocycles. The van der Waals surface area contributed by atoms with Gasteiger partial charge in [-0.25, -0.2) is 4.39 Å². The SMILES string of the molecule is CC(NCc1ccc(F)c(Br)c1)c1ccc(Br)cc1. The second-order valence-corrected chi connectivity index (χ2v) is 6.17. The molecule has 0 aromatic heterocycles. The molecule has 100 valence electrons. The number of benzene rings is 2. The molecule has 1 unspecified atom stereocenters. The zero-order chi connectivity index (χ0) is 13.8. The smallest absolute Gasteiger partial charge is 0.137 e. The van der Waals surface area contributed by atoms with Crippen LogP contribution in [0.3, 0.4) is 0 Å². The van der Waals surface area contributed by atoms with E-state index >= 15 is 0 Å². The molecule has 0 spiro atoms. The van der Waals surface area contributed by atoms with Crippen LogP contribution in [0.4, 0.5) is 4.39 Å². The van der Waals surface area contributed by atoms with Crippen LogP contribution in [0.2, 0.25) is 0 Å². The van der Waals surface area contributed by atoms with Gasteiger partial charge in [0.1, 0.15) is 5.82 Å². The molecule has 2 aromatic carbocycles. The Bertz CT molecular complexity index is 555. The van der Waals surface area contributed by atoms with Crippen LogP contribution >= 0.6 is 31.9 Å². The Labute approximate surface area is 129 Å². The Hall–Kier alpha value is -0.710. The Kier molecular flexibility index (Phi) is 5.13. The molecule has 1 nitrogen and oxygen atoms in total. The maximum Gasteiger partial charge on any atom is 0.137 e. The Morgan fingerprint density at radius 3 is 2.42 bits per heavy atom. The predicted octanol–water partition coefficient (Wildman–Crippen LogP) is 5.20. The van der Waals surface area contributed by atoms with Gasteiger partial charge in [-0.15, -0.1) is 0 Å². The van der Waals surface area contributed by atoms with Gasteiger partial charge in [-0.2, -0.15) is 0 Å². The lowest BCUT2D eigenvalue weighted by Gasteiger charge is -2.14. The fraction of sp³-hybridized carbons (Fsp3) is 0.200. The molecule has 19 heavy (non-hydrogen) atoms. The molecule has 0 radical (unpaired) electrons. The average molecular weight is 387 g/mol. The largest absolute Gasteiger partial charge is 0.306 e. The van der Waals surface area contributed by atoms with Crippen molar-refractivity contribution in [3.63, 3.8) is 0 Å². The fourth-order valence-corrected chi connectivity index (χ4v) is 2.48. The molecule has 0 aliphatic heterocycles. The molecule has 4 heteroatoms. The van der Waals surface area contributed by atoms with Gasteiger partial charge >= 0.3 is 0 Å². The Morgan fingerprint density at radius 2 is 1.79 bits per heavy atom. The standard InChI is InChI=1S/C15H14Br2FN/c1-10(12-3-5-13(16)6-4-12)19-9-11-2-7-15(18)14(17)8-11/h2-8,10,19H,9H2,1H3. The molecule has 0 aliphatic rings. The van der Waals surface area contributed by atoms with E-state index in [1.54, 1.807) is 12.1 Å². The van der Waals surface area contributed by atoms with Crippen LogP contribution in [0.1, 0.15) is 24.1 Å². The molecule has 0 saturated heterocycles. The van der Waals surface area contributed by atoms with E-state index in [1.807, 2.05) is 12.1 Å². The van der Waals surface area contributed by atoms with Gasteiger partial charge in [0, 0.05) is 17.1 Å². The predicted molar refractivity (Wildman–Crippen MR) is 83.5 cm³/mol. The third-order valence-electron chi connectivity index (χ3n) is 2.97. The molecule has 0 saturated carbocycles.